The summed E-state index contributed by atoms with van der Waals surface area (Å²) >= 11 is 0. The van der Waals surface area contributed by atoms with Gasteiger partial charge in [0.25, 0.3) is 0 Å². The summed E-state index contributed by atoms with van der Waals surface area (Å²) in [6.07, 6.45) is 1.16. The van der Waals surface area contributed by atoms with E-state index in [2.05, 4.69) is 34.6 Å². The summed E-state index contributed by atoms with van der Waals surface area (Å²) in [6, 6.07) is 0. The predicted octanol–water partition coefficient (Wildman–Crippen LogP) is 2.83. The van der Waals surface area contributed by atoms with Crippen molar-refractivity contribution < 1.29 is 5.11 Å². The largest absolute Gasteiger partial charge is 0.389 e. The average Bonchev–Trinajstić information content (AvgIpc) is 2.37. The molecule has 0 saturated heterocycles. The molecule has 1 fully saturated rings. The zero-order valence-corrected chi connectivity index (χ0v) is 9.23. The molecule has 0 heterocycles. The minimum atomic E-state index is -0.517. The number of hydrogen-bond donors (Lipinski definition) is 1. The first-order valence-electron chi connectivity index (χ1n) is 4.81. The van der Waals surface area contributed by atoms with Crippen molar-refractivity contribution in [1.82, 2.24) is 0 Å². The van der Waals surface area contributed by atoms with Crippen LogP contribution < -0.4 is 0 Å². The third-order valence-electron chi connectivity index (χ3n) is 3.71. The summed E-state index contributed by atoms with van der Waals surface area (Å²) in [5, 5.41) is 10.3. The lowest BCUT2D eigenvalue weighted by atomic mass is 9.73. The Morgan fingerprint density at radius 1 is 1.17 bits per heavy atom. The first-order chi connectivity index (χ1) is 5.09. The molecule has 1 aliphatic carbocycles. The Bertz CT molecular complexity index is 184. The van der Waals surface area contributed by atoms with E-state index in [4.69, 9.17) is 0 Å². The van der Waals surface area contributed by atoms with Crippen LogP contribution in [0.5, 0.6) is 0 Å². The smallest absolute Gasteiger partial charge is 0.0701 e. The molecule has 1 nitrogen and oxygen atoms in total. The topological polar surface area (TPSA) is 20.2 Å². The van der Waals surface area contributed by atoms with Gasteiger partial charge in [0.1, 0.15) is 0 Å². The zero-order chi connectivity index (χ0) is 9.78. The molecule has 1 aliphatic rings. The Morgan fingerprint density at radius 2 is 1.50 bits per heavy atom. The van der Waals surface area contributed by atoms with Crippen molar-refractivity contribution in [1.29, 1.82) is 0 Å². The van der Waals surface area contributed by atoms with Crippen LogP contribution in [0, 0.1) is 16.7 Å². The summed E-state index contributed by atoms with van der Waals surface area (Å²) in [5.41, 5.74) is -0.168. The molecule has 1 saturated carbocycles. The highest BCUT2D eigenvalue weighted by Gasteiger charge is 2.59. The first-order valence-corrected chi connectivity index (χ1v) is 4.81. The molecule has 0 bridgehead atoms. The minimum absolute atomic E-state index is 0.00850. The van der Waals surface area contributed by atoms with E-state index in [0.29, 0.717) is 11.3 Å². The maximum Gasteiger partial charge on any atom is 0.0701 e. The molecule has 0 aromatic heterocycles. The third-order valence-corrected chi connectivity index (χ3v) is 3.71. The van der Waals surface area contributed by atoms with Crippen LogP contribution in [-0.2, 0) is 0 Å². The van der Waals surface area contributed by atoms with Gasteiger partial charge in [-0.3, -0.25) is 0 Å². The molecule has 0 aliphatic heterocycles. The number of aliphatic hydroxyl groups is 1. The fraction of sp³-hybridized carbons (Fsp3) is 1.00. The summed E-state index contributed by atoms with van der Waals surface area (Å²) in [4.78, 5) is 0. The molecule has 2 atom stereocenters. The molecular formula is C11H22O. The number of hydrogen-bond acceptors (Lipinski definition) is 1. The van der Waals surface area contributed by atoms with Gasteiger partial charge in [-0.05, 0) is 30.1 Å². The molecule has 12 heavy (non-hydrogen) atoms. The zero-order valence-electron chi connectivity index (χ0n) is 9.23. The van der Waals surface area contributed by atoms with Crippen LogP contribution in [0.4, 0.5) is 0 Å². The second-order valence-corrected chi connectivity index (χ2v) is 6.14. The molecule has 72 valence electrons. The van der Waals surface area contributed by atoms with Gasteiger partial charge in [0, 0.05) is 0 Å². The van der Waals surface area contributed by atoms with Gasteiger partial charge in [0.2, 0.25) is 0 Å². The SMILES string of the molecule is CC1(C)CC1C(C)(O)C(C)(C)C. The van der Waals surface area contributed by atoms with Gasteiger partial charge < -0.3 is 5.11 Å². The average molecular weight is 170 g/mol. The van der Waals surface area contributed by atoms with Crippen LogP contribution in [0.1, 0.15) is 48.0 Å². The van der Waals surface area contributed by atoms with E-state index < -0.39 is 5.60 Å². The van der Waals surface area contributed by atoms with Gasteiger partial charge in [0.05, 0.1) is 5.60 Å². The van der Waals surface area contributed by atoms with Crippen LogP contribution in [0.3, 0.4) is 0 Å². The Morgan fingerprint density at radius 3 is 1.58 bits per heavy atom. The van der Waals surface area contributed by atoms with Crippen molar-refractivity contribution >= 4 is 0 Å². The summed E-state index contributed by atoms with van der Waals surface area (Å²) in [5.74, 6) is 0.477. The highest BCUT2D eigenvalue weighted by molar-refractivity contribution is 5.08. The molecule has 0 aromatic carbocycles. The highest BCUT2D eigenvalue weighted by Crippen LogP contribution is 2.60. The lowest BCUT2D eigenvalue weighted by Crippen LogP contribution is -2.43. The normalized spacial score (nSPS) is 32.8. The van der Waals surface area contributed by atoms with Gasteiger partial charge in [-0.2, -0.15) is 0 Å². The molecule has 2 unspecified atom stereocenters. The second kappa shape index (κ2) is 2.25. The molecule has 0 aromatic rings. The van der Waals surface area contributed by atoms with Gasteiger partial charge in [-0.15, -0.1) is 0 Å². The Balaban J connectivity index is 2.76. The maximum atomic E-state index is 10.3. The van der Waals surface area contributed by atoms with Crippen molar-refractivity contribution in [2.24, 2.45) is 16.7 Å². The van der Waals surface area contributed by atoms with E-state index in [-0.39, 0.29) is 5.41 Å². The Kier molecular flexibility index (Phi) is 1.89. The van der Waals surface area contributed by atoms with E-state index in [0.717, 1.165) is 6.42 Å². The van der Waals surface area contributed by atoms with Crippen molar-refractivity contribution in [2.75, 3.05) is 0 Å². The minimum Gasteiger partial charge on any atom is -0.389 e. The molecule has 0 amide bonds. The van der Waals surface area contributed by atoms with Crippen molar-refractivity contribution in [3.8, 4) is 0 Å². The van der Waals surface area contributed by atoms with Crippen LogP contribution in [-0.4, -0.2) is 10.7 Å². The second-order valence-electron chi connectivity index (χ2n) is 6.14. The molecule has 1 heteroatoms. The van der Waals surface area contributed by atoms with E-state index >= 15 is 0 Å². The fourth-order valence-corrected chi connectivity index (χ4v) is 1.95. The Labute approximate surface area is 76.2 Å². The summed E-state index contributed by atoms with van der Waals surface area (Å²) in [7, 11) is 0. The van der Waals surface area contributed by atoms with E-state index in [1.807, 2.05) is 6.92 Å². The molecule has 0 radical (unpaired) electrons. The van der Waals surface area contributed by atoms with Crippen LogP contribution in [0.15, 0.2) is 0 Å². The third kappa shape index (κ3) is 1.39. The van der Waals surface area contributed by atoms with E-state index in [9.17, 15) is 5.11 Å². The van der Waals surface area contributed by atoms with Crippen LogP contribution in [0.2, 0.25) is 0 Å². The quantitative estimate of drug-likeness (QED) is 0.641. The van der Waals surface area contributed by atoms with Crippen LogP contribution in [0.25, 0.3) is 0 Å². The standard InChI is InChI=1S/C11H22O/c1-9(2,3)11(6,12)8-7-10(8,4)5/h8,12H,7H2,1-6H3. The van der Waals surface area contributed by atoms with Crippen molar-refractivity contribution in [3.63, 3.8) is 0 Å². The molecule has 1 N–H and O–H groups in total. The van der Waals surface area contributed by atoms with Gasteiger partial charge >= 0.3 is 0 Å². The molecule has 0 spiro atoms. The van der Waals surface area contributed by atoms with Gasteiger partial charge in [-0.25, -0.2) is 0 Å². The van der Waals surface area contributed by atoms with Crippen molar-refractivity contribution in [2.45, 2.75) is 53.6 Å². The first kappa shape index (κ1) is 10.0. The lowest BCUT2D eigenvalue weighted by Gasteiger charge is -2.38. The van der Waals surface area contributed by atoms with Gasteiger partial charge in [0.15, 0.2) is 0 Å². The predicted molar refractivity (Wildman–Crippen MR) is 52.0 cm³/mol. The maximum absolute atomic E-state index is 10.3. The monoisotopic (exact) mass is 170 g/mol. The highest BCUT2D eigenvalue weighted by atomic mass is 16.3. The van der Waals surface area contributed by atoms with Crippen molar-refractivity contribution in [3.05, 3.63) is 0 Å². The molecule has 1 rings (SSSR count). The van der Waals surface area contributed by atoms with E-state index in [1.165, 1.54) is 0 Å². The Hall–Kier alpha value is -0.0400. The van der Waals surface area contributed by atoms with Gasteiger partial charge in [-0.1, -0.05) is 34.6 Å². The lowest BCUT2D eigenvalue weighted by molar-refractivity contribution is -0.0686. The summed E-state index contributed by atoms with van der Waals surface area (Å²) < 4.78 is 0. The fourth-order valence-electron chi connectivity index (χ4n) is 1.95. The summed E-state index contributed by atoms with van der Waals surface area (Å²) in [6.45, 7) is 12.8. The molecular weight excluding hydrogens is 148 g/mol. The number of rotatable bonds is 1. The van der Waals surface area contributed by atoms with Crippen LogP contribution >= 0.6 is 0 Å². The van der Waals surface area contributed by atoms with E-state index in [1.54, 1.807) is 0 Å².